The van der Waals surface area contributed by atoms with Crippen LogP contribution in [-0.4, -0.2) is 29.6 Å². The van der Waals surface area contributed by atoms with Gasteiger partial charge in [-0.2, -0.15) is 4.98 Å². The van der Waals surface area contributed by atoms with Crippen molar-refractivity contribution in [2.75, 3.05) is 19.0 Å². The smallest absolute Gasteiger partial charge is 0.346 e. The van der Waals surface area contributed by atoms with E-state index in [-0.39, 0.29) is 5.69 Å². The summed E-state index contributed by atoms with van der Waals surface area (Å²) in [5, 5.41) is 2.74. The van der Waals surface area contributed by atoms with Gasteiger partial charge in [-0.1, -0.05) is 0 Å². The summed E-state index contributed by atoms with van der Waals surface area (Å²) in [5.74, 6) is 0.972. The van der Waals surface area contributed by atoms with Crippen LogP contribution in [0.5, 0.6) is 11.5 Å². The second kappa shape index (κ2) is 8.18. The molecule has 7 heteroatoms. The highest BCUT2D eigenvalue weighted by Crippen LogP contribution is 2.21. The Morgan fingerprint density at radius 2 is 1.74 bits per heavy atom. The molecule has 0 unspecified atom stereocenters. The van der Waals surface area contributed by atoms with Gasteiger partial charge in [0.1, 0.15) is 17.2 Å². The van der Waals surface area contributed by atoms with E-state index in [0.29, 0.717) is 29.3 Å². The van der Waals surface area contributed by atoms with Gasteiger partial charge in [0, 0.05) is 11.3 Å². The fourth-order valence-corrected chi connectivity index (χ4v) is 2.49. The molecule has 0 saturated heterocycles. The quantitative estimate of drug-likeness (QED) is 0.700. The van der Waals surface area contributed by atoms with Crippen LogP contribution < -0.4 is 20.5 Å². The van der Waals surface area contributed by atoms with E-state index >= 15 is 0 Å². The normalized spacial score (nSPS) is 10.3. The van der Waals surface area contributed by atoms with Crippen molar-refractivity contribution < 1.29 is 14.3 Å². The molecule has 1 heterocycles. The lowest BCUT2D eigenvalue weighted by molar-refractivity contribution is 0.102. The summed E-state index contributed by atoms with van der Waals surface area (Å²) in [4.78, 5) is 30.8. The molecule has 0 radical (unpaired) electrons. The Morgan fingerprint density at radius 1 is 1.07 bits per heavy atom. The maximum absolute atomic E-state index is 12.5. The molecular weight excluding hydrogens is 346 g/mol. The van der Waals surface area contributed by atoms with Crippen molar-refractivity contribution in [1.82, 2.24) is 9.97 Å². The minimum absolute atomic E-state index is 0.120. The van der Waals surface area contributed by atoms with Crippen molar-refractivity contribution in [2.24, 2.45) is 0 Å². The van der Waals surface area contributed by atoms with Crippen LogP contribution >= 0.6 is 0 Å². The van der Waals surface area contributed by atoms with Gasteiger partial charge in [0.25, 0.3) is 5.91 Å². The van der Waals surface area contributed by atoms with Crippen molar-refractivity contribution in [3.05, 3.63) is 70.8 Å². The van der Waals surface area contributed by atoms with Crippen LogP contribution in [0.1, 0.15) is 17.4 Å². The van der Waals surface area contributed by atoms with E-state index in [1.54, 1.807) is 55.6 Å². The summed E-state index contributed by atoms with van der Waals surface area (Å²) in [7, 11) is 1.57. The number of ether oxygens (including phenoxy) is 2. The first-order chi connectivity index (χ1) is 13.1. The maximum Gasteiger partial charge on any atom is 0.346 e. The van der Waals surface area contributed by atoms with E-state index in [9.17, 15) is 9.59 Å². The lowest BCUT2D eigenvalue weighted by atomic mass is 10.1. The molecule has 3 rings (SSSR count). The number of rotatable bonds is 6. The molecule has 0 saturated carbocycles. The minimum atomic E-state index is -0.597. The van der Waals surface area contributed by atoms with Gasteiger partial charge in [-0.05, 0) is 61.5 Å². The van der Waals surface area contributed by atoms with Crippen LogP contribution in [0.3, 0.4) is 0 Å². The summed E-state index contributed by atoms with van der Waals surface area (Å²) in [6.45, 7) is 2.47. The zero-order valence-corrected chi connectivity index (χ0v) is 15.0. The average molecular weight is 365 g/mol. The predicted molar refractivity (Wildman–Crippen MR) is 102 cm³/mol. The number of nitrogens with one attached hydrogen (secondary N) is 2. The van der Waals surface area contributed by atoms with Crippen LogP contribution in [0.4, 0.5) is 5.69 Å². The number of hydrogen-bond donors (Lipinski definition) is 2. The Labute approximate surface area is 156 Å². The number of amides is 1. The fraction of sp³-hybridized carbons (Fsp3) is 0.150. The number of benzene rings is 2. The van der Waals surface area contributed by atoms with Crippen molar-refractivity contribution in [3.63, 3.8) is 0 Å². The molecule has 0 aliphatic heterocycles. The third kappa shape index (κ3) is 4.52. The number of aromatic amines is 1. The molecule has 2 aromatic carbocycles. The van der Waals surface area contributed by atoms with Gasteiger partial charge < -0.3 is 19.8 Å². The first kappa shape index (κ1) is 18.2. The fourth-order valence-electron chi connectivity index (χ4n) is 2.49. The minimum Gasteiger partial charge on any atom is -0.497 e. The van der Waals surface area contributed by atoms with E-state index in [2.05, 4.69) is 15.3 Å². The van der Waals surface area contributed by atoms with Crippen molar-refractivity contribution >= 4 is 11.6 Å². The number of carbonyl (C=O) groups is 1. The number of anilines is 1. The molecule has 2 N–H and O–H groups in total. The van der Waals surface area contributed by atoms with Crippen LogP contribution in [0.25, 0.3) is 11.3 Å². The summed E-state index contributed by atoms with van der Waals surface area (Å²) in [5.41, 5.74) is 1.22. The standard InChI is InChI=1S/C20H19N3O4/c1-3-27-16-10-6-14(7-11-16)21-19(24)18-12-17(22-20(25)23-18)13-4-8-15(26-2)9-5-13/h4-12H,3H2,1-2H3,(H,21,24)(H,22,23,25). The van der Waals surface area contributed by atoms with Crippen molar-refractivity contribution in [1.29, 1.82) is 0 Å². The molecule has 138 valence electrons. The SMILES string of the molecule is CCOc1ccc(NC(=O)c2cc(-c3ccc(OC)cc3)nc(=O)[nH]2)cc1. The zero-order chi connectivity index (χ0) is 19.2. The Morgan fingerprint density at radius 3 is 2.37 bits per heavy atom. The Bertz CT molecular complexity index is 979. The molecule has 0 aliphatic carbocycles. The van der Waals surface area contributed by atoms with Gasteiger partial charge >= 0.3 is 5.69 Å². The van der Waals surface area contributed by atoms with E-state index in [4.69, 9.17) is 9.47 Å². The number of methoxy groups -OCH3 is 1. The molecule has 1 amide bonds. The largest absolute Gasteiger partial charge is 0.497 e. The predicted octanol–water partition coefficient (Wildman–Crippen LogP) is 3.10. The molecule has 0 aliphatic rings. The topological polar surface area (TPSA) is 93.3 Å². The third-order valence-electron chi connectivity index (χ3n) is 3.80. The van der Waals surface area contributed by atoms with Gasteiger partial charge in [-0.25, -0.2) is 4.79 Å². The number of H-pyrrole nitrogens is 1. The number of nitrogens with zero attached hydrogens (tertiary/aromatic N) is 1. The van der Waals surface area contributed by atoms with Crippen molar-refractivity contribution in [3.8, 4) is 22.8 Å². The van der Waals surface area contributed by atoms with Gasteiger partial charge in [0.15, 0.2) is 0 Å². The molecule has 1 aromatic heterocycles. The lowest BCUT2D eigenvalue weighted by Gasteiger charge is -2.08. The Kier molecular flexibility index (Phi) is 5.51. The molecule has 7 nitrogen and oxygen atoms in total. The van der Waals surface area contributed by atoms with Gasteiger partial charge in [0.05, 0.1) is 19.4 Å². The number of aromatic nitrogens is 2. The molecule has 0 spiro atoms. The summed E-state index contributed by atoms with van der Waals surface area (Å²) in [6, 6.07) is 15.6. The van der Waals surface area contributed by atoms with E-state index in [1.807, 2.05) is 6.92 Å². The van der Waals surface area contributed by atoms with Gasteiger partial charge in [-0.3, -0.25) is 4.79 Å². The molecular formula is C20H19N3O4. The van der Waals surface area contributed by atoms with Crippen LogP contribution in [-0.2, 0) is 0 Å². The maximum atomic E-state index is 12.5. The second-order valence-electron chi connectivity index (χ2n) is 5.63. The lowest BCUT2D eigenvalue weighted by Crippen LogP contribution is -2.21. The zero-order valence-electron chi connectivity index (χ0n) is 15.0. The van der Waals surface area contributed by atoms with Gasteiger partial charge in [0.2, 0.25) is 0 Å². The highest BCUT2D eigenvalue weighted by molar-refractivity contribution is 6.03. The highest BCUT2D eigenvalue weighted by Gasteiger charge is 2.11. The molecule has 3 aromatic rings. The molecule has 0 fully saturated rings. The molecule has 0 atom stereocenters. The first-order valence-corrected chi connectivity index (χ1v) is 8.39. The van der Waals surface area contributed by atoms with Crippen molar-refractivity contribution in [2.45, 2.75) is 6.92 Å². The van der Waals surface area contributed by atoms with Gasteiger partial charge in [-0.15, -0.1) is 0 Å². The second-order valence-corrected chi connectivity index (χ2v) is 5.63. The average Bonchev–Trinajstić information content (AvgIpc) is 2.69. The number of carbonyl (C=O) groups excluding carboxylic acids is 1. The Balaban J connectivity index is 1.82. The monoisotopic (exact) mass is 365 g/mol. The van der Waals surface area contributed by atoms with E-state index in [1.165, 1.54) is 6.07 Å². The first-order valence-electron chi connectivity index (χ1n) is 8.39. The Hall–Kier alpha value is -3.61. The van der Waals surface area contributed by atoms with Crippen LogP contribution in [0.15, 0.2) is 59.4 Å². The van der Waals surface area contributed by atoms with Crippen LogP contribution in [0.2, 0.25) is 0 Å². The number of hydrogen-bond acceptors (Lipinski definition) is 5. The highest BCUT2D eigenvalue weighted by atomic mass is 16.5. The van der Waals surface area contributed by atoms with Crippen LogP contribution in [0, 0.1) is 0 Å². The van der Waals surface area contributed by atoms with E-state index in [0.717, 1.165) is 5.75 Å². The summed E-state index contributed by atoms with van der Waals surface area (Å²) in [6.07, 6.45) is 0. The molecule has 27 heavy (non-hydrogen) atoms. The van der Waals surface area contributed by atoms with E-state index < -0.39 is 11.6 Å². The summed E-state index contributed by atoms with van der Waals surface area (Å²) >= 11 is 0. The summed E-state index contributed by atoms with van der Waals surface area (Å²) < 4.78 is 10.5. The molecule has 0 bridgehead atoms. The third-order valence-corrected chi connectivity index (χ3v) is 3.80.